The number of ketones is 1. The quantitative estimate of drug-likeness (QED) is 0.590. The van der Waals surface area contributed by atoms with Gasteiger partial charge in [-0.2, -0.15) is 0 Å². The number of para-hydroxylation sites is 1. The van der Waals surface area contributed by atoms with E-state index in [0.717, 1.165) is 22.2 Å². The summed E-state index contributed by atoms with van der Waals surface area (Å²) in [5.74, 6) is -1.07. The maximum atomic E-state index is 12.7. The second-order valence-electron chi connectivity index (χ2n) is 5.97. The number of Topliss-reactive ketones (excluding diaryl/α,β-unsaturated/α-hetero) is 1. The van der Waals surface area contributed by atoms with Crippen LogP contribution in [0, 0.1) is 6.92 Å². The highest BCUT2D eigenvalue weighted by atomic mass is 16.2. The van der Waals surface area contributed by atoms with E-state index in [1.807, 2.05) is 80.1 Å². The fourth-order valence-electron chi connectivity index (χ4n) is 3.01. The van der Waals surface area contributed by atoms with Crippen molar-refractivity contribution in [3.8, 4) is 0 Å². The number of fused-ring (bicyclic) bond motifs is 1. The molecule has 0 aliphatic carbocycles. The number of amides is 1. The Hall–Kier alpha value is -2.88. The van der Waals surface area contributed by atoms with Crippen molar-refractivity contribution in [3.63, 3.8) is 0 Å². The van der Waals surface area contributed by atoms with Crippen LogP contribution in [0.1, 0.15) is 34.6 Å². The number of hydrogen-bond donors (Lipinski definition) is 1. The molecule has 122 valence electrons. The van der Waals surface area contributed by atoms with Crippen LogP contribution in [0.4, 0.5) is 0 Å². The van der Waals surface area contributed by atoms with Gasteiger partial charge in [-0.3, -0.25) is 9.59 Å². The summed E-state index contributed by atoms with van der Waals surface area (Å²) in [6.07, 6.45) is 0. The SMILES string of the molecule is Cc1c(C(=O)C(=O)N[C@H](C)c2ccccc2)c2ccccc2n1C. The molecule has 1 amide bonds. The number of aryl methyl sites for hydroxylation is 1. The summed E-state index contributed by atoms with van der Waals surface area (Å²) in [4.78, 5) is 25.2. The van der Waals surface area contributed by atoms with E-state index >= 15 is 0 Å². The Morgan fingerprint density at radius 2 is 1.62 bits per heavy atom. The monoisotopic (exact) mass is 320 g/mol. The van der Waals surface area contributed by atoms with Crippen molar-refractivity contribution in [1.29, 1.82) is 0 Å². The van der Waals surface area contributed by atoms with Crippen molar-refractivity contribution in [2.24, 2.45) is 7.05 Å². The molecule has 0 saturated carbocycles. The molecule has 0 unspecified atom stereocenters. The Kier molecular flexibility index (Phi) is 4.21. The second-order valence-corrected chi connectivity index (χ2v) is 5.97. The largest absolute Gasteiger partial charge is 0.347 e. The zero-order chi connectivity index (χ0) is 17.3. The van der Waals surface area contributed by atoms with Gasteiger partial charge in [-0.05, 0) is 25.5 Å². The van der Waals surface area contributed by atoms with Crippen LogP contribution in [0.2, 0.25) is 0 Å². The maximum absolute atomic E-state index is 12.7. The molecule has 3 aromatic rings. The van der Waals surface area contributed by atoms with Gasteiger partial charge in [-0.25, -0.2) is 0 Å². The van der Waals surface area contributed by atoms with Gasteiger partial charge in [-0.1, -0.05) is 48.5 Å². The first kappa shape index (κ1) is 16.0. The van der Waals surface area contributed by atoms with E-state index in [9.17, 15) is 9.59 Å². The molecule has 0 fully saturated rings. The molecule has 1 aromatic heterocycles. The number of carbonyl (C=O) groups is 2. The Labute approximate surface area is 141 Å². The van der Waals surface area contributed by atoms with Crippen LogP contribution in [-0.4, -0.2) is 16.3 Å². The number of nitrogens with one attached hydrogen (secondary N) is 1. The lowest BCUT2D eigenvalue weighted by Crippen LogP contribution is -2.33. The molecule has 1 heterocycles. The molecule has 3 rings (SSSR count). The number of nitrogens with zero attached hydrogens (tertiary/aromatic N) is 1. The highest BCUT2D eigenvalue weighted by molar-refractivity contribution is 6.45. The van der Waals surface area contributed by atoms with Crippen molar-refractivity contribution >= 4 is 22.6 Å². The molecule has 4 heteroatoms. The van der Waals surface area contributed by atoms with Crippen LogP contribution in [0.25, 0.3) is 10.9 Å². The highest BCUT2D eigenvalue weighted by Crippen LogP contribution is 2.25. The third kappa shape index (κ3) is 2.71. The van der Waals surface area contributed by atoms with E-state index < -0.39 is 11.7 Å². The number of benzene rings is 2. The standard InChI is InChI=1S/C20H20N2O2/c1-13(15-9-5-4-6-10-15)21-20(24)19(23)18-14(2)22(3)17-12-8-7-11-16(17)18/h4-13H,1-3H3,(H,21,24)/t13-/m1/s1. The topological polar surface area (TPSA) is 51.1 Å². The van der Waals surface area contributed by atoms with E-state index in [-0.39, 0.29) is 6.04 Å². The third-order valence-corrected chi connectivity index (χ3v) is 4.48. The van der Waals surface area contributed by atoms with Crippen molar-refractivity contribution < 1.29 is 9.59 Å². The molecular formula is C20H20N2O2. The molecule has 0 aliphatic rings. The zero-order valence-electron chi connectivity index (χ0n) is 14.0. The van der Waals surface area contributed by atoms with Gasteiger partial charge in [0, 0.05) is 23.6 Å². The number of hydrogen-bond acceptors (Lipinski definition) is 2. The first-order valence-electron chi connectivity index (χ1n) is 7.95. The van der Waals surface area contributed by atoms with Crippen LogP contribution in [-0.2, 0) is 11.8 Å². The summed E-state index contributed by atoms with van der Waals surface area (Å²) in [6, 6.07) is 17.0. The Morgan fingerprint density at radius 1 is 1.00 bits per heavy atom. The molecule has 2 aromatic carbocycles. The van der Waals surface area contributed by atoms with Crippen LogP contribution < -0.4 is 5.32 Å². The smallest absolute Gasteiger partial charge is 0.292 e. The predicted molar refractivity (Wildman–Crippen MR) is 95.0 cm³/mol. The summed E-state index contributed by atoms with van der Waals surface area (Å²) < 4.78 is 1.94. The minimum atomic E-state index is -0.578. The van der Waals surface area contributed by atoms with Crippen molar-refractivity contribution in [2.45, 2.75) is 19.9 Å². The number of carbonyl (C=O) groups excluding carboxylic acids is 2. The Morgan fingerprint density at radius 3 is 2.33 bits per heavy atom. The van der Waals surface area contributed by atoms with Gasteiger partial charge in [0.15, 0.2) is 0 Å². The molecule has 4 nitrogen and oxygen atoms in total. The molecule has 0 radical (unpaired) electrons. The summed E-state index contributed by atoms with van der Waals surface area (Å²) in [6.45, 7) is 3.73. The van der Waals surface area contributed by atoms with E-state index in [2.05, 4.69) is 5.32 Å². The molecular weight excluding hydrogens is 300 g/mol. The second kappa shape index (κ2) is 6.32. The third-order valence-electron chi connectivity index (χ3n) is 4.48. The molecule has 1 N–H and O–H groups in total. The lowest BCUT2D eigenvalue weighted by Gasteiger charge is -2.13. The molecule has 1 atom stereocenters. The average molecular weight is 320 g/mol. The molecule has 0 spiro atoms. The average Bonchev–Trinajstić information content (AvgIpc) is 2.86. The first-order chi connectivity index (χ1) is 11.5. The van der Waals surface area contributed by atoms with Gasteiger partial charge in [0.1, 0.15) is 0 Å². The molecule has 24 heavy (non-hydrogen) atoms. The fourth-order valence-corrected chi connectivity index (χ4v) is 3.01. The van der Waals surface area contributed by atoms with Crippen molar-refractivity contribution in [2.75, 3.05) is 0 Å². The van der Waals surface area contributed by atoms with Crippen molar-refractivity contribution in [1.82, 2.24) is 9.88 Å². The number of aromatic nitrogens is 1. The minimum absolute atomic E-state index is 0.224. The summed E-state index contributed by atoms with van der Waals surface area (Å²) in [5, 5.41) is 3.61. The van der Waals surface area contributed by atoms with Crippen LogP contribution in [0.3, 0.4) is 0 Å². The van der Waals surface area contributed by atoms with Crippen LogP contribution >= 0.6 is 0 Å². The van der Waals surface area contributed by atoms with Crippen molar-refractivity contribution in [3.05, 3.63) is 71.4 Å². The lowest BCUT2D eigenvalue weighted by atomic mass is 10.0. The number of rotatable bonds is 4. The summed E-state index contributed by atoms with van der Waals surface area (Å²) >= 11 is 0. The zero-order valence-corrected chi connectivity index (χ0v) is 14.0. The van der Waals surface area contributed by atoms with Crippen LogP contribution in [0.5, 0.6) is 0 Å². The van der Waals surface area contributed by atoms with E-state index in [1.54, 1.807) is 0 Å². The Bertz CT molecular complexity index is 910. The highest BCUT2D eigenvalue weighted by Gasteiger charge is 2.25. The van der Waals surface area contributed by atoms with Gasteiger partial charge in [-0.15, -0.1) is 0 Å². The first-order valence-corrected chi connectivity index (χ1v) is 7.95. The lowest BCUT2D eigenvalue weighted by molar-refractivity contribution is -0.117. The minimum Gasteiger partial charge on any atom is -0.347 e. The molecule has 0 bridgehead atoms. The van der Waals surface area contributed by atoms with Gasteiger partial charge in [0.25, 0.3) is 11.7 Å². The summed E-state index contributed by atoms with van der Waals surface area (Å²) in [5.41, 5.74) is 3.19. The Balaban J connectivity index is 1.90. The van der Waals surface area contributed by atoms with E-state index in [1.165, 1.54) is 0 Å². The predicted octanol–water partition coefficient (Wildman–Crippen LogP) is 3.55. The van der Waals surface area contributed by atoms with E-state index in [0.29, 0.717) is 5.56 Å². The van der Waals surface area contributed by atoms with Crippen LogP contribution in [0.15, 0.2) is 54.6 Å². The molecule has 0 saturated heterocycles. The van der Waals surface area contributed by atoms with Gasteiger partial charge in [0.05, 0.1) is 11.6 Å². The normalized spacial score (nSPS) is 12.1. The van der Waals surface area contributed by atoms with Gasteiger partial charge >= 0.3 is 0 Å². The maximum Gasteiger partial charge on any atom is 0.292 e. The fraction of sp³-hybridized carbons (Fsp3) is 0.200. The molecule has 0 aliphatic heterocycles. The van der Waals surface area contributed by atoms with Gasteiger partial charge < -0.3 is 9.88 Å². The van der Waals surface area contributed by atoms with E-state index in [4.69, 9.17) is 0 Å². The summed E-state index contributed by atoms with van der Waals surface area (Å²) in [7, 11) is 1.90. The van der Waals surface area contributed by atoms with Gasteiger partial charge in [0.2, 0.25) is 0 Å².